The molecule has 0 aliphatic carbocycles. The van der Waals surface area contributed by atoms with Gasteiger partial charge in [0.15, 0.2) is 0 Å². The third-order valence-corrected chi connectivity index (χ3v) is 2.98. The van der Waals surface area contributed by atoms with Crippen molar-refractivity contribution in [3.05, 3.63) is 40.7 Å². The number of hydrogen-bond acceptors (Lipinski definition) is 5. The highest BCUT2D eigenvalue weighted by molar-refractivity contribution is 5.84. The van der Waals surface area contributed by atoms with E-state index in [-0.39, 0.29) is 11.8 Å². The van der Waals surface area contributed by atoms with Crippen LogP contribution in [0.4, 0.5) is 0 Å². The zero-order chi connectivity index (χ0) is 14.0. The van der Waals surface area contributed by atoms with Gasteiger partial charge in [0.25, 0.3) is 0 Å². The summed E-state index contributed by atoms with van der Waals surface area (Å²) in [5.74, 6) is 0.242. The molecule has 2 rings (SSSR count). The van der Waals surface area contributed by atoms with Crippen LogP contribution >= 0.6 is 0 Å². The molecule has 0 bridgehead atoms. The predicted molar refractivity (Wildman–Crippen MR) is 66.9 cm³/mol. The number of aryl methyl sites for hydroxylation is 2. The first-order valence-corrected chi connectivity index (χ1v) is 5.97. The van der Waals surface area contributed by atoms with Gasteiger partial charge in [0.05, 0.1) is 12.2 Å². The van der Waals surface area contributed by atoms with Crippen molar-refractivity contribution in [3.63, 3.8) is 0 Å². The van der Waals surface area contributed by atoms with E-state index in [1.54, 1.807) is 6.07 Å². The van der Waals surface area contributed by atoms with E-state index in [1.807, 2.05) is 20.8 Å². The van der Waals surface area contributed by atoms with Gasteiger partial charge in [-0.05, 0) is 32.9 Å². The van der Waals surface area contributed by atoms with Gasteiger partial charge in [-0.15, -0.1) is 0 Å². The van der Waals surface area contributed by atoms with Gasteiger partial charge in [0.2, 0.25) is 5.76 Å². The van der Waals surface area contributed by atoms with Crippen molar-refractivity contribution in [3.8, 4) is 0 Å². The number of aromatic nitrogens is 1. The number of carbonyl (C=O) groups is 1. The van der Waals surface area contributed by atoms with Crippen molar-refractivity contribution in [2.75, 3.05) is 0 Å². The summed E-state index contributed by atoms with van der Waals surface area (Å²) in [5.41, 5.74) is 1.87. The fraction of sp³-hybridized carbons (Fsp3) is 0.385. The number of carboxylic acid groups (broad SMARTS) is 1. The molecule has 1 unspecified atom stereocenters. The average molecular weight is 264 g/mol. The highest BCUT2D eigenvalue weighted by Crippen LogP contribution is 2.21. The summed E-state index contributed by atoms with van der Waals surface area (Å²) in [6, 6.07) is 3.14. The van der Waals surface area contributed by atoms with Crippen LogP contribution in [0.5, 0.6) is 0 Å². The fourth-order valence-corrected chi connectivity index (χ4v) is 2.05. The molecule has 6 nitrogen and oxygen atoms in total. The third-order valence-electron chi connectivity index (χ3n) is 2.98. The molecule has 0 amide bonds. The molecule has 0 aromatic carbocycles. The van der Waals surface area contributed by atoms with Gasteiger partial charge in [0, 0.05) is 11.6 Å². The van der Waals surface area contributed by atoms with Crippen LogP contribution < -0.4 is 5.32 Å². The minimum atomic E-state index is -1.06. The van der Waals surface area contributed by atoms with Crippen LogP contribution in [0.1, 0.15) is 46.3 Å². The Balaban J connectivity index is 2.00. The number of nitrogens with zero attached hydrogens (tertiary/aromatic N) is 1. The highest BCUT2D eigenvalue weighted by Gasteiger charge is 2.16. The fourth-order valence-electron chi connectivity index (χ4n) is 2.05. The standard InChI is InChI=1S/C13H16N2O4/c1-7(12-8(2)15-19-9(12)3)14-6-10-4-5-11(18-10)13(16)17/h4-5,7,14H,6H2,1-3H3,(H,16,17). The Morgan fingerprint density at radius 3 is 2.74 bits per heavy atom. The molecule has 0 aliphatic rings. The van der Waals surface area contributed by atoms with Gasteiger partial charge in [-0.1, -0.05) is 5.16 Å². The normalized spacial score (nSPS) is 12.6. The van der Waals surface area contributed by atoms with Crippen molar-refractivity contribution in [2.45, 2.75) is 33.4 Å². The highest BCUT2D eigenvalue weighted by atomic mass is 16.5. The molecular formula is C13H16N2O4. The van der Waals surface area contributed by atoms with Gasteiger partial charge in [-0.25, -0.2) is 4.79 Å². The van der Waals surface area contributed by atoms with Gasteiger partial charge in [0.1, 0.15) is 11.5 Å². The van der Waals surface area contributed by atoms with Crippen molar-refractivity contribution < 1.29 is 18.8 Å². The monoisotopic (exact) mass is 264 g/mol. The molecule has 6 heteroatoms. The predicted octanol–water partition coefficient (Wildman–Crippen LogP) is 2.43. The Bertz CT molecular complexity index is 566. The van der Waals surface area contributed by atoms with E-state index < -0.39 is 5.97 Å². The van der Waals surface area contributed by atoms with Gasteiger partial charge >= 0.3 is 5.97 Å². The summed E-state index contributed by atoms with van der Waals surface area (Å²) in [6.07, 6.45) is 0. The van der Waals surface area contributed by atoms with Crippen LogP contribution in [-0.4, -0.2) is 16.2 Å². The Hall–Kier alpha value is -2.08. The summed E-state index contributed by atoms with van der Waals surface area (Å²) < 4.78 is 10.3. The number of hydrogen-bond donors (Lipinski definition) is 2. The van der Waals surface area contributed by atoms with Crippen molar-refractivity contribution in [1.82, 2.24) is 10.5 Å². The van der Waals surface area contributed by atoms with E-state index in [4.69, 9.17) is 14.0 Å². The molecule has 0 fully saturated rings. The number of nitrogens with one attached hydrogen (secondary N) is 1. The molecule has 2 aromatic rings. The lowest BCUT2D eigenvalue weighted by atomic mass is 10.1. The lowest BCUT2D eigenvalue weighted by Crippen LogP contribution is -2.18. The Morgan fingerprint density at radius 1 is 1.47 bits per heavy atom. The van der Waals surface area contributed by atoms with Crippen LogP contribution in [0.25, 0.3) is 0 Å². The lowest BCUT2D eigenvalue weighted by Gasteiger charge is -2.12. The summed E-state index contributed by atoms with van der Waals surface area (Å²) in [5, 5.41) is 15.9. The maximum atomic E-state index is 10.7. The summed E-state index contributed by atoms with van der Waals surface area (Å²) >= 11 is 0. The van der Waals surface area contributed by atoms with E-state index in [0.29, 0.717) is 12.3 Å². The summed E-state index contributed by atoms with van der Waals surface area (Å²) in [6.45, 7) is 6.19. The second kappa shape index (κ2) is 5.27. The van der Waals surface area contributed by atoms with Gasteiger partial charge in [-0.3, -0.25) is 0 Å². The smallest absolute Gasteiger partial charge is 0.371 e. The first-order valence-electron chi connectivity index (χ1n) is 5.97. The summed E-state index contributed by atoms with van der Waals surface area (Å²) in [7, 11) is 0. The van der Waals surface area contributed by atoms with Crippen LogP contribution in [0.2, 0.25) is 0 Å². The topological polar surface area (TPSA) is 88.5 Å². The first kappa shape index (κ1) is 13.4. The Kier molecular flexibility index (Phi) is 3.71. The van der Waals surface area contributed by atoms with Crippen LogP contribution in [0, 0.1) is 13.8 Å². The number of rotatable bonds is 5. The van der Waals surface area contributed by atoms with Crippen LogP contribution in [0.15, 0.2) is 21.1 Å². The minimum absolute atomic E-state index is 0.0460. The minimum Gasteiger partial charge on any atom is -0.475 e. The molecule has 0 aliphatic heterocycles. The maximum absolute atomic E-state index is 10.7. The zero-order valence-corrected chi connectivity index (χ0v) is 11.1. The van der Waals surface area contributed by atoms with E-state index in [9.17, 15) is 4.79 Å². The Labute approximate surface area is 110 Å². The molecule has 0 radical (unpaired) electrons. The second-order valence-electron chi connectivity index (χ2n) is 4.41. The van der Waals surface area contributed by atoms with Crippen molar-refractivity contribution in [2.24, 2.45) is 0 Å². The zero-order valence-electron chi connectivity index (χ0n) is 11.1. The van der Waals surface area contributed by atoms with Crippen LogP contribution in [0.3, 0.4) is 0 Å². The molecule has 1 atom stereocenters. The average Bonchev–Trinajstić information content (AvgIpc) is 2.94. The lowest BCUT2D eigenvalue weighted by molar-refractivity contribution is 0.0660. The molecule has 0 spiro atoms. The number of carboxylic acids is 1. The van der Waals surface area contributed by atoms with E-state index in [1.165, 1.54) is 6.07 Å². The second-order valence-corrected chi connectivity index (χ2v) is 4.41. The quantitative estimate of drug-likeness (QED) is 0.862. The molecule has 0 saturated carbocycles. The SMILES string of the molecule is Cc1noc(C)c1C(C)NCc1ccc(C(=O)O)o1. The molecule has 2 N–H and O–H groups in total. The van der Waals surface area contributed by atoms with Crippen LogP contribution in [-0.2, 0) is 6.54 Å². The number of furan rings is 1. The molecule has 2 heterocycles. The number of aromatic carboxylic acids is 1. The van der Waals surface area contributed by atoms with Crippen molar-refractivity contribution >= 4 is 5.97 Å². The van der Waals surface area contributed by atoms with E-state index in [2.05, 4.69) is 10.5 Å². The van der Waals surface area contributed by atoms with Gasteiger partial charge in [-0.2, -0.15) is 0 Å². The van der Waals surface area contributed by atoms with Crippen molar-refractivity contribution in [1.29, 1.82) is 0 Å². The van der Waals surface area contributed by atoms with E-state index >= 15 is 0 Å². The third kappa shape index (κ3) is 2.85. The molecule has 102 valence electrons. The maximum Gasteiger partial charge on any atom is 0.371 e. The summed E-state index contributed by atoms with van der Waals surface area (Å²) in [4.78, 5) is 10.7. The molecule has 0 saturated heterocycles. The largest absolute Gasteiger partial charge is 0.475 e. The molecule has 19 heavy (non-hydrogen) atoms. The Morgan fingerprint density at radius 2 is 2.21 bits per heavy atom. The first-order chi connectivity index (χ1) is 8.99. The van der Waals surface area contributed by atoms with E-state index in [0.717, 1.165) is 17.0 Å². The van der Waals surface area contributed by atoms with Gasteiger partial charge < -0.3 is 19.4 Å². The molecular weight excluding hydrogens is 248 g/mol. The molecule has 2 aromatic heterocycles.